The standard InChI is InChI=1S/C18H28Cl2N4O3S/c1-14(18(25)21-7-4-8-23-11-9-22(2)10-12-23)24(28(3,26)27)17-13-15(19)5-6-16(17)20/h5-6,13-14H,4,7-12H2,1-3H3,(H,21,25)/t14-/m0/s1. The first-order valence-corrected chi connectivity index (χ1v) is 11.8. The Hall–Kier alpha value is -1.06. The van der Waals surface area contributed by atoms with Crippen LogP contribution in [0.1, 0.15) is 13.3 Å². The quantitative estimate of drug-likeness (QED) is 0.612. The van der Waals surface area contributed by atoms with Crippen molar-refractivity contribution >= 4 is 44.8 Å². The Balaban J connectivity index is 1.95. The van der Waals surface area contributed by atoms with E-state index in [4.69, 9.17) is 23.2 Å². The summed E-state index contributed by atoms with van der Waals surface area (Å²) in [6.07, 6.45) is 1.85. The third-order valence-corrected chi connectivity index (χ3v) is 6.56. The van der Waals surface area contributed by atoms with Gasteiger partial charge in [0, 0.05) is 37.7 Å². The fourth-order valence-electron chi connectivity index (χ4n) is 3.17. The molecule has 1 aromatic rings. The van der Waals surface area contributed by atoms with Crippen molar-refractivity contribution in [3.63, 3.8) is 0 Å². The lowest BCUT2D eigenvalue weighted by molar-refractivity contribution is -0.121. The summed E-state index contributed by atoms with van der Waals surface area (Å²) in [7, 11) is -1.63. The van der Waals surface area contributed by atoms with E-state index in [0.29, 0.717) is 11.6 Å². The predicted octanol–water partition coefficient (Wildman–Crippen LogP) is 1.90. The van der Waals surface area contributed by atoms with Gasteiger partial charge in [-0.2, -0.15) is 0 Å². The van der Waals surface area contributed by atoms with Gasteiger partial charge in [0.25, 0.3) is 0 Å². The number of amides is 1. The molecule has 1 N–H and O–H groups in total. The van der Waals surface area contributed by atoms with Gasteiger partial charge in [0.05, 0.1) is 17.0 Å². The van der Waals surface area contributed by atoms with E-state index in [1.165, 1.54) is 19.1 Å². The highest BCUT2D eigenvalue weighted by Crippen LogP contribution is 2.32. The van der Waals surface area contributed by atoms with Gasteiger partial charge >= 0.3 is 0 Å². The Morgan fingerprint density at radius 3 is 2.50 bits per heavy atom. The van der Waals surface area contributed by atoms with Crippen LogP contribution in [0, 0.1) is 0 Å². The number of carbonyl (C=O) groups excluding carboxylic acids is 1. The Bertz CT molecular complexity index is 783. The summed E-state index contributed by atoms with van der Waals surface area (Å²) in [5, 5.41) is 3.38. The second-order valence-electron chi connectivity index (χ2n) is 7.12. The van der Waals surface area contributed by atoms with Crippen molar-refractivity contribution in [2.75, 3.05) is 56.9 Å². The zero-order valence-electron chi connectivity index (χ0n) is 16.5. The molecule has 1 aliphatic rings. The molecule has 0 saturated carbocycles. The van der Waals surface area contributed by atoms with E-state index in [-0.39, 0.29) is 16.6 Å². The molecule has 0 spiro atoms. The van der Waals surface area contributed by atoms with Crippen molar-refractivity contribution in [1.82, 2.24) is 15.1 Å². The lowest BCUT2D eigenvalue weighted by Crippen LogP contribution is -2.48. The number of sulfonamides is 1. The zero-order valence-corrected chi connectivity index (χ0v) is 18.8. The Labute approximate surface area is 177 Å². The molecular formula is C18H28Cl2N4O3S. The number of carbonyl (C=O) groups is 1. The molecule has 28 heavy (non-hydrogen) atoms. The summed E-state index contributed by atoms with van der Waals surface area (Å²) >= 11 is 12.2. The molecule has 0 unspecified atom stereocenters. The summed E-state index contributed by atoms with van der Waals surface area (Å²) in [4.78, 5) is 17.2. The van der Waals surface area contributed by atoms with Gasteiger partial charge in [-0.1, -0.05) is 23.2 Å². The number of hydrogen-bond acceptors (Lipinski definition) is 5. The number of nitrogens with one attached hydrogen (secondary N) is 1. The van der Waals surface area contributed by atoms with Gasteiger partial charge in [0.2, 0.25) is 15.9 Å². The van der Waals surface area contributed by atoms with Crippen LogP contribution < -0.4 is 9.62 Å². The fraction of sp³-hybridized carbons (Fsp3) is 0.611. The minimum absolute atomic E-state index is 0.191. The Morgan fingerprint density at radius 1 is 1.25 bits per heavy atom. The molecule has 1 heterocycles. The van der Waals surface area contributed by atoms with Gasteiger partial charge in [0.15, 0.2) is 0 Å². The maximum Gasteiger partial charge on any atom is 0.243 e. The highest BCUT2D eigenvalue weighted by molar-refractivity contribution is 7.92. The molecule has 10 heteroatoms. The van der Waals surface area contributed by atoms with Gasteiger partial charge in [0.1, 0.15) is 6.04 Å². The van der Waals surface area contributed by atoms with Gasteiger partial charge in [-0.15, -0.1) is 0 Å². The second-order valence-corrected chi connectivity index (χ2v) is 9.82. The van der Waals surface area contributed by atoms with Crippen LogP contribution in [0.3, 0.4) is 0 Å². The molecular weight excluding hydrogens is 423 g/mol. The Morgan fingerprint density at radius 2 is 1.89 bits per heavy atom. The molecule has 1 aromatic carbocycles. The second kappa shape index (κ2) is 10.1. The fourth-order valence-corrected chi connectivity index (χ4v) is 4.77. The van der Waals surface area contributed by atoms with E-state index in [9.17, 15) is 13.2 Å². The summed E-state index contributed by atoms with van der Waals surface area (Å²) in [6.45, 7) is 7.06. The summed E-state index contributed by atoms with van der Waals surface area (Å²) in [5.41, 5.74) is 0.191. The molecule has 0 aromatic heterocycles. The van der Waals surface area contributed by atoms with Crippen LogP contribution >= 0.6 is 23.2 Å². The molecule has 1 fully saturated rings. The van der Waals surface area contributed by atoms with E-state index in [1.807, 2.05) is 0 Å². The topological polar surface area (TPSA) is 73.0 Å². The summed E-state index contributed by atoms with van der Waals surface area (Å²) in [6, 6.07) is 3.58. The molecule has 1 aliphatic heterocycles. The number of anilines is 1. The predicted molar refractivity (Wildman–Crippen MR) is 115 cm³/mol. The van der Waals surface area contributed by atoms with E-state index >= 15 is 0 Å². The van der Waals surface area contributed by atoms with Crippen LogP contribution in [-0.4, -0.2) is 82.7 Å². The van der Waals surface area contributed by atoms with Crippen LogP contribution in [-0.2, 0) is 14.8 Å². The monoisotopic (exact) mass is 450 g/mol. The minimum Gasteiger partial charge on any atom is -0.354 e. The van der Waals surface area contributed by atoms with Crippen molar-refractivity contribution < 1.29 is 13.2 Å². The van der Waals surface area contributed by atoms with Crippen molar-refractivity contribution in [3.05, 3.63) is 28.2 Å². The van der Waals surface area contributed by atoms with E-state index in [0.717, 1.165) is 49.7 Å². The van der Waals surface area contributed by atoms with Crippen molar-refractivity contribution in [2.24, 2.45) is 0 Å². The number of rotatable bonds is 8. The van der Waals surface area contributed by atoms with E-state index < -0.39 is 16.1 Å². The van der Waals surface area contributed by atoms with Gasteiger partial charge in [-0.25, -0.2) is 8.42 Å². The average Bonchev–Trinajstić information content (AvgIpc) is 2.62. The zero-order chi connectivity index (χ0) is 20.9. The highest BCUT2D eigenvalue weighted by atomic mass is 35.5. The first-order chi connectivity index (χ1) is 13.1. The molecule has 158 valence electrons. The van der Waals surface area contributed by atoms with Crippen LogP contribution in [0.15, 0.2) is 18.2 Å². The number of benzene rings is 1. The van der Waals surface area contributed by atoms with Crippen molar-refractivity contribution in [2.45, 2.75) is 19.4 Å². The van der Waals surface area contributed by atoms with Gasteiger partial charge in [-0.05, 0) is 45.1 Å². The molecule has 1 atom stereocenters. The summed E-state index contributed by atoms with van der Waals surface area (Å²) in [5.74, 6) is -0.375. The number of likely N-dealkylation sites (N-methyl/N-ethyl adjacent to an activating group) is 1. The third-order valence-electron chi connectivity index (χ3n) is 4.78. The van der Waals surface area contributed by atoms with Crippen LogP contribution in [0.25, 0.3) is 0 Å². The minimum atomic E-state index is -3.74. The lowest BCUT2D eigenvalue weighted by Gasteiger charge is -2.32. The molecule has 2 rings (SSSR count). The third kappa shape index (κ3) is 6.49. The average molecular weight is 451 g/mol. The molecule has 0 aliphatic carbocycles. The van der Waals surface area contributed by atoms with Gasteiger partial charge < -0.3 is 15.1 Å². The molecule has 1 saturated heterocycles. The van der Waals surface area contributed by atoms with E-state index in [2.05, 4.69) is 22.2 Å². The smallest absolute Gasteiger partial charge is 0.243 e. The normalized spacial score (nSPS) is 17.3. The number of nitrogens with zero attached hydrogens (tertiary/aromatic N) is 3. The van der Waals surface area contributed by atoms with Crippen molar-refractivity contribution in [3.8, 4) is 0 Å². The van der Waals surface area contributed by atoms with E-state index in [1.54, 1.807) is 6.07 Å². The largest absolute Gasteiger partial charge is 0.354 e. The van der Waals surface area contributed by atoms with Crippen LogP contribution in [0.5, 0.6) is 0 Å². The maximum atomic E-state index is 12.6. The van der Waals surface area contributed by atoms with Crippen LogP contribution in [0.4, 0.5) is 5.69 Å². The first kappa shape index (κ1) is 23.2. The van der Waals surface area contributed by atoms with Gasteiger partial charge in [-0.3, -0.25) is 9.10 Å². The summed E-state index contributed by atoms with van der Waals surface area (Å²) < 4.78 is 25.7. The number of halogens is 2. The molecule has 1 amide bonds. The molecule has 0 bridgehead atoms. The lowest BCUT2D eigenvalue weighted by atomic mass is 10.2. The molecule has 7 nitrogen and oxygen atoms in total. The Kier molecular flexibility index (Phi) is 8.39. The molecule has 0 radical (unpaired) electrons. The van der Waals surface area contributed by atoms with Crippen molar-refractivity contribution in [1.29, 1.82) is 0 Å². The van der Waals surface area contributed by atoms with Crippen LogP contribution in [0.2, 0.25) is 10.0 Å². The first-order valence-electron chi connectivity index (χ1n) is 9.22. The number of hydrogen-bond donors (Lipinski definition) is 1. The maximum absolute atomic E-state index is 12.6. The highest BCUT2D eigenvalue weighted by Gasteiger charge is 2.30. The SMILES string of the molecule is C[C@@H](C(=O)NCCCN1CCN(C)CC1)N(c1cc(Cl)ccc1Cl)S(C)(=O)=O. The number of piperazine rings is 1.